The van der Waals surface area contributed by atoms with Crippen LogP contribution in [0.15, 0.2) is 30.3 Å². The van der Waals surface area contributed by atoms with E-state index >= 15 is 0 Å². The lowest BCUT2D eigenvalue weighted by Gasteiger charge is -2.11. The lowest BCUT2D eigenvalue weighted by Crippen LogP contribution is -1.95. The van der Waals surface area contributed by atoms with Gasteiger partial charge in [-0.05, 0) is 36.8 Å². The molecule has 0 aliphatic heterocycles. The minimum Gasteiger partial charge on any atom is -0.399 e. The number of hydrogen-bond donors (Lipinski definition) is 2. The Morgan fingerprint density at radius 2 is 1.72 bits per heavy atom. The summed E-state index contributed by atoms with van der Waals surface area (Å²) in [5, 5.41) is 3.76. The number of nitrogens with one attached hydrogen (secondary N) is 1. The van der Waals surface area contributed by atoms with Crippen LogP contribution in [0.25, 0.3) is 0 Å². The molecule has 5 heteroatoms. The van der Waals surface area contributed by atoms with Gasteiger partial charge in [-0.2, -0.15) is 0 Å². The van der Waals surface area contributed by atoms with Gasteiger partial charge in [0.15, 0.2) is 0 Å². The highest BCUT2D eigenvalue weighted by atomic mass is 35.5. The van der Waals surface area contributed by atoms with E-state index in [1.807, 2.05) is 0 Å². The molecule has 2 nitrogen and oxygen atoms in total. The molecule has 2 aromatic rings. The van der Waals surface area contributed by atoms with Gasteiger partial charge in [0.25, 0.3) is 0 Å². The van der Waals surface area contributed by atoms with Gasteiger partial charge in [0.1, 0.15) is 5.82 Å². The quantitative estimate of drug-likeness (QED) is 0.780. The third-order valence-corrected chi connectivity index (χ3v) is 3.10. The van der Waals surface area contributed by atoms with Gasteiger partial charge < -0.3 is 11.1 Å². The number of halogens is 3. The standard InChI is InChI=1S/C13H11Cl2FN2/c1-7-2-3-9(6-12(7)16)18-13-10(14)4-8(17)5-11(13)15/h2-6,18H,17H2,1H3. The van der Waals surface area contributed by atoms with Crippen molar-refractivity contribution < 1.29 is 4.39 Å². The van der Waals surface area contributed by atoms with Crippen molar-refractivity contribution in [3.8, 4) is 0 Å². The monoisotopic (exact) mass is 284 g/mol. The van der Waals surface area contributed by atoms with Crippen LogP contribution in [0.3, 0.4) is 0 Å². The first kappa shape index (κ1) is 13.0. The largest absolute Gasteiger partial charge is 0.399 e. The molecule has 3 N–H and O–H groups in total. The lowest BCUT2D eigenvalue weighted by atomic mass is 10.2. The number of rotatable bonds is 2. The normalized spacial score (nSPS) is 10.4. The molecule has 0 amide bonds. The predicted molar refractivity (Wildman–Crippen MR) is 75.3 cm³/mol. The molecule has 18 heavy (non-hydrogen) atoms. The molecule has 94 valence electrons. The Morgan fingerprint density at radius 3 is 2.28 bits per heavy atom. The van der Waals surface area contributed by atoms with E-state index in [1.54, 1.807) is 31.2 Å². The van der Waals surface area contributed by atoms with Crippen LogP contribution >= 0.6 is 23.2 Å². The fourth-order valence-corrected chi connectivity index (χ4v) is 2.13. The molecule has 0 fully saturated rings. The second-order valence-corrected chi connectivity index (χ2v) is 4.76. The van der Waals surface area contributed by atoms with E-state index in [9.17, 15) is 4.39 Å². The first-order valence-electron chi connectivity index (χ1n) is 5.25. The molecular formula is C13H11Cl2FN2. The maximum Gasteiger partial charge on any atom is 0.128 e. The van der Waals surface area contributed by atoms with E-state index in [-0.39, 0.29) is 5.82 Å². The summed E-state index contributed by atoms with van der Waals surface area (Å²) in [4.78, 5) is 0. The second kappa shape index (κ2) is 5.04. The Bertz CT molecular complexity index is 577. The average molecular weight is 285 g/mol. The molecule has 0 bridgehead atoms. The Labute approximate surface area is 115 Å². The van der Waals surface area contributed by atoms with Gasteiger partial charge in [0.2, 0.25) is 0 Å². The first-order chi connectivity index (χ1) is 8.47. The van der Waals surface area contributed by atoms with Gasteiger partial charge in [-0.15, -0.1) is 0 Å². The number of benzene rings is 2. The molecule has 0 radical (unpaired) electrons. The zero-order valence-corrected chi connectivity index (χ0v) is 11.1. The Hall–Kier alpha value is -1.45. The highest BCUT2D eigenvalue weighted by Gasteiger charge is 2.08. The van der Waals surface area contributed by atoms with E-state index in [0.717, 1.165) is 0 Å². The van der Waals surface area contributed by atoms with E-state index in [1.165, 1.54) is 6.07 Å². The summed E-state index contributed by atoms with van der Waals surface area (Å²) >= 11 is 12.1. The van der Waals surface area contributed by atoms with E-state index in [0.29, 0.717) is 32.7 Å². The molecule has 0 unspecified atom stereocenters. The second-order valence-electron chi connectivity index (χ2n) is 3.95. The van der Waals surface area contributed by atoms with Gasteiger partial charge >= 0.3 is 0 Å². The summed E-state index contributed by atoms with van der Waals surface area (Å²) in [5.74, 6) is -0.289. The number of anilines is 3. The molecule has 0 aromatic heterocycles. The molecular weight excluding hydrogens is 274 g/mol. The lowest BCUT2D eigenvalue weighted by molar-refractivity contribution is 0.619. The maximum absolute atomic E-state index is 13.4. The number of nitrogen functional groups attached to an aromatic ring is 1. The summed E-state index contributed by atoms with van der Waals surface area (Å²) < 4.78 is 13.4. The zero-order chi connectivity index (χ0) is 13.3. The van der Waals surface area contributed by atoms with Crippen LogP contribution in [-0.4, -0.2) is 0 Å². The van der Waals surface area contributed by atoms with Gasteiger partial charge in [0, 0.05) is 11.4 Å². The molecule has 0 saturated carbocycles. The van der Waals surface area contributed by atoms with Gasteiger partial charge in [-0.3, -0.25) is 0 Å². The Kier molecular flexibility index (Phi) is 3.64. The minimum atomic E-state index is -0.289. The van der Waals surface area contributed by atoms with Crippen molar-refractivity contribution in [3.63, 3.8) is 0 Å². The summed E-state index contributed by atoms with van der Waals surface area (Å²) in [6, 6.07) is 7.98. The first-order valence-corrected chi connectivity index (χ1v) is 6.00. The smallest absolute Gasteiger partial charge is 0.128 e. The van der Waals surface area contributed by atoms with Crippen molar-refractivity contribution in [3.05, 3.63) is 51.8 Å². The Balaban J connectivity index is 2.37. The SMILES string of the molecule is Cc1ccc(Nc2c(Cl)cc(N)cc2Cl)cc1F. The molecule has 0 aliphatic rings. The fraction of sp³-hybridized carbons (Fsp3) is 0.0769. The number of hydrogen-bond acceptors (Lipinski definition) is 2. The number of nitrogens with two attached hydrogens (primary N) is 1. The van der Waals surface area contributed by atoms with Gasteiger partial charge in [-0.25, -0.2) is 4.39 Å². The van der Waals surface area contributed by atoms with Crippen LogP contribution in [0.5, 0.6) is 0 Å². The number of aryl methyl sites for hydroxylation is 1. The average Bonchev–Trinajstić information content (AvgIpc) is 2.28. The highest BCUT2D eigenvalue weighted by Crippen LogP contribution is 2.35. The summed E-state index contributed by atoms with van der Waals surface area (Å²) in [6.07, 6.45) is 0. The van der Waals surface area contributed by atoms with Crippen molar-refractivity contribution in [2.24, 2.45) is 0 Å². The molecule has 0 spiro atoms. The van der Waals surface area contributed by atoms with Crippen molar-refractivity contribution in [2.45, 2.75) is 6.92 Å². The van der Waals surface area contributed by atoms with Gasteiger partial charge in [0.05, 0.1) is 15.7 Å². The van der Waals surface area contributed by atoms with Gasteiger partial charge in [-0.1, -0.05) is 29.3 Å². The molecule has 2 aromatic carbocycles. The molecule has 0 heterocycles. The highest BCUT2D eigenvalue weighted by molar-refractivity contribution is 6.39. The van der Waals surface area contributed by atoms with Crippen LogP contribution in [0.2, 0.25) is 10.0 Å². The van der Waals surface area contributed by atoms with E-state index in [2.05, 4.69) is 5.32 Å². The summed E-state index contributed by atoms with van der Waals surface area (Å²) in [6.45, 7) is 1.70. The third-order valence-electron chi connectivity index (χ3n) is 2.51. The molecule has 2 rings (SSSR count). The van der Waals surface area contributed by atoms with Crippen LogP contribution < -0.4 is 11.1 Å². The van der Waals surface area contributed by atoms with Crippen molar-refractivity contribution in [1.29, 1.82) is 0 Å². The van der Waals surface area contributed by atoms with Crippen molar-refractivity contribution in [1.82, 2.24) is 0 Å². The topological polar surface area (TPSA) is 38.0 Å². The van der Waals surface area contributed by atoms with Crippen LogP contribution in [0, 0.1) is 12.7 Å². The zero-order valence-electron chi connectivity index (χ0n) is 9.60. The maximum atomic E-state index is 13.4. The van der Waals surface area contributed by atoms with Crippen LogP contribution in [0.4, 0.5) is 21.5 Å². The van der Waals surface area contributed by atoms with Crippen LogP contribution in [-0.2, 0) is 0 Å². The molecule has 0 aliphatic carbocycles. The van der Waals surface area contributed by atoms with Crippen molar-refractivity contribution in [2.75, 3.05) is 11.1 Å². The fourth-order valence-electron chi connectivity index (χ4n) is 1.53. The van der Waals surface area contributed by atoms with E-state index in [4.69, 9.17) is 28.9 Å². The van der Waals surface area contributed by atoms with Crippen LogP contribution in [0.1, 0.15) is 5.56 Å². The third kappa shape index (κ3) is 2.68. The molecule has 0 atom stereocenters. The summed E-state index contributed by atoms with van der Waals surface area (Å²) in [5.41, 5.74) is 7.75. The van der Waals surface area contributed by atoms with Crippen molar-refractivity contribution >= 4 is 40.3 Å². The minimum absolute atomic E-state index is 0.289. The predicted octanol–water partition coefficient (Wildman–Crippen LogP) is 4.77. The summed E-state index contributed by atoms with van der Waals surface area (Å²) in [7, 11) is 0. The Morgan fingerprint density at radius 1 is 1.11 bits per heavy atom. The molecule has 0 saturated heterocycles. The van der Waals surface area contributed by atoms with E-state index < -0.39 is 0 Å².